The maximum atomic E-state index is 5.24. The zero-order valence-electron chi connectivity index (χ0n) is 7.35. The van der Waals surface area contributed by atoms with Gasteiger partial charge in [0.05, 0.1) is 0 Å². The van der Waals surface area contributed by atoms with E-state index in [2.05, 4.69) is 0 Å². The van der Waals surface area contributed by atoms with Crippen molar-refractivity contribution in [1.29, 1.82) is 0 Å². The Morgan fingerprint density at radius 2 is 1.55 bits per heavy atom. The summed E-state index contributed by atoms with van der Waals surface area (Å²) in [6.45, 7) is 0. The summed E-state index contributed by atoms with van der Waals surface area (Å²) in [6, 6.07) is 0.932. The summed E-state index contributed by atoms with van der Waals surface area (Å²) >= 11 is 1.56. The molecule has 3 radical (unpaired) electrons. The van der Waals surface area contributed by atoms with Crippen LogP contribution in [0.5, 0.6) is 0 Å². The maximum absolute atomic E-state index is 5.24. The van der Waals surface area contributed by atoms with Crippen LogP contribution in [0.1, 0.15) is 6.42 Å². The van der Waals surface area contributed by atoms with Crippen molar-refractivity contribution in [2.45, 2.75) is 16.9 Å². The van der Waals surface area contributed by atoms with Gasteiger partial charge in [-0.05, 0) is 0 Å². The molecule has 65 valence electrons. The first-order chi connectivity index (χ1) is 5.24. The summed E-state index contributed by atoms with van der Waals surface area (Å²) in [5, 5.41) is 0. The Hall–Kier alpha value is 0.896. The molecule has 5 heteroatoms. The summed E-state index contributed by atoms with van der Waals surface area (Å²) in [7, 11) is 2.74. The van der Waals surface area contributed by atoms with Gasteiger partial charge in [-0.15, -0.1) is 0 Å². The first kappa shape index (κ1) is 11.9. The zero-order chi connectivity index (χ0) is 8.74. The van der Waals surface area contributed by atoms with Crippen LogP contribution < -0.4 is 0 Å². The van der Waals surface area contributed by atoms with Crippen LogP contribution in [0.2, 0.25) is 10.5 Å². The molecule has 0 atom stereocenters. The molecule has 0 spiro atoms. The van der Waals surface area contributed by atoms with Crippen LogP contribution >= 0.6 is 0 Å². The van der Waals surface area contributed by atoms with Crippen LogP contribution in [0.4, 0.5) is 0 Å². The van der Waals surface area contributed by atoms with Gasteiger partial charge in [0.15, 0.2) is 0 Å². The molecule has 0 aliphatic carbocycles. The second-order valence-electron chi connectivity index (χ2n) is 2.15. The van der Waals surface area contributed by atoms with Gasteiger partial charge < -0.3 is 0 Å². The molecule has 0 aliphatic heterocycles. The fourth-order valence-electron chi connectivity index (χ4n) is 0.861. The fraction of sp³-hybridized carbons (Fsp3) is 1.00. The Morgan fingerprint density at radius 3 is 1.82 bits per heavy atom. The SMILES string of the molecule is CO[Si](CC[CH2][Sn])(OC)OC. The number of hydrogen-bond donors (Lipinski definition) is 0. The molecule has 0 bridgehead atoms. The van der Waals surface area contributed by atoms with Crippen molar-refractivity contribution in [3.63, 3.8) is 0 Å². The molecule has 0 heterocycles. The third kappa shape index (κ3) is 3.89. The summed E-state index contributed by atoms with van der Waals surface area (Å²) in [6.07, 6.45) is 1.14. The van der Waals surface area contributed by atoms with E-state index in [1.807, 2.05) is 0 Å². The van der Waals surface area contributed by atoms with Crippen molar-refractivity contribution in [3.8, 4) is 0 Å². The molecule has 0 saturated carbocycles. The van der Waals surface area contributed by atoms with Gasteiger partial charge in [-0.25, -0.2) is 0 Å². The molecule has 0 aliphatic rings. The minimum absolute atomic E-state index is 0.932. The third-order valence-electron chi connectivity index (χ3n) is 1.59. The van der Waals surface area contributed by atoms with Gasteiger partial charge in [-0.1, -0.05) is 0 Å². The monoisotopic (exact) mass is 283 g/mol. The van der Waals surface area contributed by atoms with Crippen LogP contribution in [0.15, 0.2) is 0 Å². The molecular formula is C6H15O3SiSn. The molecule has 11 heavy (non-hydrogen) atoms. The van der Waals surface area contributed by atoms with Crippen LogP contribution in [-0.2, 0) is 13.3 Å². The van der Waals surface area contributed by atoms with Crippen LogP contribution in [0.25, 0.3) is 0 Å². The molecule has 3 nitrogen and oxygen atoms in total. The van der Waals surface area contributed by atoms with Crippen molar-refractivity contribution in [1.82, 2.24) is 0 Å². The second kappa shape index (κ2) is 6.42. The van der Waals surface area contributed by atoms with Crippen molar-refractivity contribution in [2.24, 2.45) is 0 Å². The van der Waals surface area contributed by atoms with E-state index >= 15 is 0 Å². The first-order valence-corrected chi connectivity index (χ1v) is 7.49. The van der Waals surface area contributed by atoms with Gasteiger partial charge in [0.1, 0.15) is 0 Å². The van der Waals surface area contributed by atoms with E-state index in [4.69, 9.17) is 13.3 Å². The van der Waals surface area contributed by atoms with Gasteiger partial charge >= 0.3 is 82.8 Å². The summed E-state index contributed by atoms with van der Waals surface area (Å²) in [4.78, 5) is 0. The molecule has 0 fully saturated rings. The van der Waals surface area contributed by atoms with E-state index in [1.165, 1.54) is 4.44 Å². The average Bonchev–Trinajstić information content (AvgIpc) is 2.08. The Kier molecular flexibility index (Phi) is 6.94. The van der Waals surface area contributed by atoms with Crippen LogP contribution in [0, 0.1) is 0 Å². The molecule has 0 saturated heterocycles. The van der Waals surface area contributed by atoms with Gasteiger partial charge in [-0.2, -0.15) is 0 Å². The summed E-state index contributed by atoms with van der Waals surface area (Å²) in [5.41, 5.74) is 0. The van der Waals surface area contributed by atoms with Gasteiger partial charge in [0.2, 0.25) is 0 Å². The molecule has 0 unspecified atom stereocenters. The Morgan fingerprint density at radius 1 is 1.09 bits per heavy atom. The van der Waals surface area contributed by atoms with Gasteiger partial charge in [0.25, 0.3) is 0 Å². The van der Waals surface area contributed by atoms with Gasteiger partial charge in [-0.3, -0.25) is 0 Å². The van der Waals surface area contributed by atoms with E-state index in [9.17, 15) is 0 Å². The molecule has 0 amide bonds. The fourth-order valence-corrected chi connectivity index (χ4v) is 4.10. The quantitative estimate of drug-likeness (QED) is 0.676. The molecule has 0 aromatic rings. The van der Waals surface area contributed by atoms with E-state index in [-0.39, 0.29) is 0 Å². The first-order valence-electron chi connectivity index (χ1n) is 3.54. The topological polar surface area (TPSA) is 27.7 Å². The zero-order valence-corrected chi connectivity index (χ0v) is 11.2. The Labute approximate surface area is 82.9 Å². The van der Waals surface area contributed by atoms with E-state index < -0.39 is 8.80 Å². The van der Waals surface area contributed by atoms with Crippen molar-refractivity contribution in [3.05, 3.63) is 0 Å². The van der Waals surface area contributed by atoms with E-state index in [1.54, 1.807) is 43.9 Å². The standard InChI is InChI=1S/C6H15O3Si.Sn/c1-5-6-10(7-2,8-3)9-4;/h1,5-6H2,2-4H3;. The molecular weight excluding hydrogens is 267 g/mol. The summed E-state index contributed by atoms with van der Waals surface area (Å²) in [5.74, 6) is 0. The van der Waals surface area contributed by atoms with Crippen molar-refractivity contribution in [2.75, 3.05) is 21.3 Å². The van der Waals surface area contributed by atoms with Gasteiger partial charge in [0, 0.05) is 0 Å². The predicted octanol–water partition coefficient (Wildman–Crippen LogP) is 0.841. The number of rotatable bonds is 6. The van der Waals surface area contributed by atoms with Crippen LogP contribution in [-0.4, -0.2) is 52.7 Å². The average molecular weight is 282 g/mol. The Bertz CT molecular complexity index is 89.6. The molecule has 0 rings (SSSR count). The molecule has 0 aromatic heterocycles. The van der Waals surface area contributed by atoms with Crippen LogP contribution in [0.3, 0.4) is 0 Å². The predicted molar refractivity (Wildman–Crippen MR) is 46.8 cm³/mol. The van der Waals surface area contributed by atoms with Crippen molar-refractivity contribution < 1.29 is 13.3 Å². The molecule has 0 N–H and O–H groups in total. The molecule has 0 aromatic carbocycles. The second-order valence-corrected chi connectivity index (χ2v) is 6.67. The number of hydrogen-bond acceptors (Lipinski definition) is 3. The van der Waals surface area contributed by atoms with Crippen molar-refractivity contribution >= 4 is 31.3 Å². The van der Waals surface area contributed by atoms with E-state index in [0.717, 1.165) is 12.5 Å². The Balaban J connectivity index is 3.84. The summed E-state index contributed by atoms with van der Waals surface area (Å²) < 4.78 is 17.0. The normalized spacial score (nSPS) is 12.0. The third-order valence-corrected chi connectivity index (χ3v) is 5.43. The minimum atomic E-state index is -2.22. The van der Waals surface area contributed by atoms with E-state index in [0.29, 0.717) is 0 Å².